The number of methoxy groups -OCH3 is 1. The maximum absolute atomic E-state index is 10.6. The van der Waals surface area contributed by atoms with E-state index in [0.29, 0.717) is 17.3 Å². The highest BCUT2D eigenvalue weighted by Gasteiger charge is 2.04. The van der Waals surface area contributed by atoms with Gasteiger partial charge in [0, 0.05) is 24.4 Å². The molecule has 0 aliphatic rings. The molecule has 2 rings (SSSR count). The van der Waals surface area contributed by atoms with Crippen molar-refractivity contribution < 1.29 is 9.66 Å². The molecule has 0 radical (unpaired) electrons. The Morgan fingerprint density at radius 1 is 1.26 bits per heavy atom. The number of benzene rings is 2. The Labute approximate surface area is 139 Å². The third-order valence-corrected chi connectivity index (χ3v) is 3.42. The molecule has 0 aliphatic heterocycles. The number of hydrogen-bond acceptors (Lipinski definition) is 4. The molecule has 23 heavy (non-hydrogen) atoms. The molecule has 2 aromatic rings. The summed E-state index contributed by atoms with van der Waals surface area (Å²) in [7, 11) is 1.64. The molecule has 0 fully saturated rings. The molecule has 0 bridgehead atoms. The number of nitrogens with zero attached hydrogens (tertiary/aromatic N) is 1. The predicted octanol–water partition coefficient (Wildman–Crippen LogP) is 3.13. The minimum Gasteiger partial charge on any atom is -0.497 e. The van der Waals surface area contributed by atoms with Crippen molar-refractivity contribution in [3.63, 3.8) is 0 Å². The topological polar surface area (TPSA) is 76.4 Å². The summed E-state index contributed by atoms with van der Waals surface area (Å²) in [5.74, 6) is 0.828. The normalized spacial score (nSPS) is 9.96. The smallest absolute Gasteiger partial charge is 0.269 e. The Balaban J connectivity index is 1.79. The molecule has 0 unspecified atom stereocenters. The van der Waals surface area contributed by atoms with Gasteiger partial charge in [0.2, 0.25) is 0 Å². The van der Waals surface area contributed by atoms with E-state index in [1.807, 2.05) is 24.3 Å². The summed E-state index contributed by atoms with van der Waals surface area (Å²) in [6.07, 6.45) is 0.805. The maximum atomic E-state index is 10.6. The lowest BCUT2D eigenvalue weighted by Crippen LogP contribution is -2.30. The van der Waals surface area contributed by atoms with Crippen LogP contribution < -0.4 is 15.4 Å². The fourth-order valence-corrected chi connectivity index (χ4v) is 2.21. The van der Waals surface area contributed by atoms with Gasteiger partial charge in [-0.3, -0.25) is 10.1 Å². The number of hydrogen-bond donors (Lipinski definition) is 2. The summed E-state index contributed by atoms with van der Waals surface area (Å²) in [6, 6.07) is 14.0. The molecule has 6 nitrogen and oxygen atoms in total. The van der Waals surface area contributed by atoms with E-state index in [4.69, 9.17) is 17.0 Å². The van der Waals surface area contributed by atoms with Gasteiger partial charge in [0.25, 0.3) is 5.69 Å². The number of nitro groups is 1. The van der Waals surface area contributed by atoms with Gasteiger partial charge >= 0.3 is 0 Å². The summed E-state index contributed by atoms with van der Waals surface area (Å²) < 4.78 is 5.18. The average Bonchev–Trinajstić information content (AvgIpc) is 2.55. The van der Waals surface area contributed by atoms with E-state index in [9.17, 15) is 10.1 Å². The van der Waals surface area contributed by atoms with E-state index >= 15 is 0 Å². The van der Waals surface area contributed by atoms with Gasteiger partial charge in [0.1, 0.15) is 5.75 Å². The van der Waals surface area contributed by atoms with Crippen molar-refractivity contribution >= 4 is 28.7 Å². The molecular formula is C16H17N3O3S. The zero-order chi connectivity index (χ0) is 16.7. The SMILES string of the molecule is COc1cccc(CCNC(=S)Nc2ccc([N+](=O)[O-])cc2)c1. The molecule has 0 amide bonds. The lowest BCUT2D eigenvalue weighted by atomic mass is 10.1. The van der Waals surface area contributed by atoms with Crippen molar-refractivity contribution in [1.29, 1.82) is 0 Å². The Morgan fingerprint density at radius 2 is 2.00 bits per heavy atom. The Hall–Kier alpha value is -2.67. The van der Waals surface area contributed by atoms with E-state index in [1.165, 1.54) is 12.1 Å². The van der Waals surface area contributed by atoms with Gasteiger partial charge in [-0.15, -0.1) is 0 Å². The lowest BCUT2D eigenvalue weighted by molar-refractivity contribution is -0.384. The molecule has 0 aromatic heterocycles. The molecule has 0 aliphatic carbocycles. The third kappa shape index (κ3) is 5.23. The van der Waals surface area contributed by atoms with Crippen LogP contribution in [0.4, 0.5) is 11.4 Å². The van der Waals surface area contributed by atoms with Crippen molar-refractivity contribution in [2.75, 3.05) is 19.0 Å². The number of nitrogens with one attached hydrogen (secondary N) is 2. The van der Waals surface area contributed by atoms with Gasteiger partial charge in [0.05, 0.1) is 12.0 Å². The fraction of sp³-hybridized carbons (Fsp3) is 0.188. The molecule has 7 heteroatoms. The molecular weight excluding hydrogens is 314 g/mol. The average molecular weight is 331 g/mol. The van der Waals surface area contributed by atoms with E-state index in [0.717, 1.165) is 17.7 Å². The first-order valence-electron chi connectivity index (χ1n) is 7.01. The second kappa shape index (κ2) is 8.09. The summed E-state index contributed by atoms with van der Waals surface area (Å²) in [4.78, 5) is 10.2. The number of rotatable bonds is 6. The van der Waals surface area contributed by atoms with Crippen LogP contribution >= 0.6 is 12.2 Å². The van der Waals surface area contributed by atoms with Crippen molar-refractivity contribution in [2.24, 2.45) is 0 Å². The van der Waals surface area contributed by atoms with Crippen molar-refractivity contribution in [3.05, 3.63) is 64.2 Å². The molecule has 2 N–H and O–H groups in total. The van der Waals surface area contributed by atoms with Gasteiger partial charge in [-0.2, -0.15) is 0 Å². The molecule has 2 aromatic carbocycles. The highest BCUT2D eigenvalue weighted by Crippen LogP contribution is 2.15. The molecule has 120 valence electrons. The molecule has 0 saturated heterocycles. The fourth-order valence-electron chi connectivity index (χ4n) is 1.99. The van der Waals surface area contributed by atoms with Crippen LogP contribution in [-0.4, -0.2) is 23.7 Å². The minimum atomic E-state index is -0.436. The summed E-state index contributed by atoms with van der Waals surface area (Å²) in [6.45, 7) is 0.673. The van der Waals surface area contributed by atoms with Crippen LogP contribution in [0.3, 0.4) is 0 Å². The highest BCUT2D eigenvalue weighted by molar-refractivity contribution is 7.80. The summed E-state index contributed by atoms with van der Waals surface area (Å²) in [5.41, 5.74) is 1.90. The second-order valence-electron chi connectivity index (χ2n) is 4.79. The van der Waals surface area contributed by atoms with Crippen LogP contribution in [0.2, 0.25) is 0 Å². The molecule has 0 saturated carbocycles. The van der Waals surface area contributed by atoms with Crippen molar-refractivity contribution in [1.82, 2.24) is 5.32 Å². The van der Waals surface area contributed by atoms with E-state index < -0.39 is 4.92 Å². The lowest BCUT2D eigenvalue weighted by Gasteiger charge is -2.10. The summed E-state index contributed by atoms with van der Waals surface area (Å²) in [5, 5.41) is 17.2. The Kier molecular flexibility index (Phi) is 5.87. The molecule has 0 atom stereocenters. The molecule has 0 spiro atoms. The van der Waals surface area contributed by atoms with Gasteiger partial charge in [-0.1, -0.05) is 12.1 Å². The number of non-ortho nitro benzene ring substituents is 1. The Bertz CT molecular complexity index is 689. The van der Waals surface area contributed by atoms with Gasteiger partial charge < -0.3 is 15.4 Å². The second-order valence-corrected chi connectivity index (χ2v) is 5.19. The maximum Gasteiger partial charge on any atom is 0.269 e. The van der Waals surface area contributed by atoms with Gasteiger partial charge in [-0.05, 0) is 48.5 Å². The van der Waals surface area contributed by atoms with Crippen LogP contribution in [0.5, 0.6) is 5.75 Å². The zero-order valence-electron chi connectivity index (χ0n) is 12.6. The largest absolute Gasteiger partial charge is 0.497 e. The number of anilines is 1. The van der Waals surface area contributed by atoms with Crippen LogP contribution in [0.15, 0.2) is 48.5 Å². The number of thiocarbonyl (C=S) groups is 1. The van der Waals surface area contributed by atoms with Crippen LogP contribution in [0, 0.1) is 10.1 Å². The zero-order valence-corrected chi connectivity index (χ0v) is 13.4. The van der Waals surface area contributed by atoms with Gasteiger partial charge in [-0.25, -0.2) is 0 Å². The quantitative estimate of drug-likeness (QED) is 0.481. The van der Waals surface area contributed by atoms with E-state index in [1.54, 1.807) is 19.2 Å². The highest BCUT2D eigenvalue weighted by atomic mass is 32.1. The Morgan fingerprint density at radius 3 is 2.65 bits per heavy atom. The van der Waals surface area contributed by atoms with Crippen molar-refractivity contribution in [3.8, 4) is 5.75 Å². The standard InChI is InChI=1S/C16H17N3O3S/c1-22-15-4-2-3-12(11-15)9-10-17-16(23)18-13-5-7-14(8-6-13)19(20)21/h2-8,11H,9-10H2,1H3,(H2,17,18,23). The van der Waals surface area contributed by atoms with Crippen LogP contribution in [-0.2, 0) is 6.42 Å². The molecule has 0 heterocycles. The monoisotopic (exact) mass is 331 g/mol. The van der Waals surface area contributed by atoms with Crippen LogP contribution in [0.1, 0.15) is 5.56 Å². The first kappa shape index (κ1) is 16.7. The van der Waals surface area contributed by atoms with Gasteiger partial charge in [0.15, 0.2) is 5.11 Å². The van der Waals surface area contributed by atoms with Crippen LogP contribution in [0.25, 0.3) is 0 Å². The third-order valence-electron chi connectivity index (χ3n) is 3.17. The predicted molar refractivity (Wildman–Crippen MR) is 94.0 cm³/mol. The number of ether oxygens (including phenoxy) is 1. The minimum absolute atomic E-state index is 0.0486. The van der Waals surface area contributed by atoms with E-state index in [2.05, 4.69) is 10.6 Å². The van der Waals surface area contributed by atoms with E-state index in [-0.39, 0.29) is 5.69 Å². The number of nitro benzene ring substituents is 1. The first-order valence-corrected chi connectivity index (χ1v) is 7.41. The summed E-state index contributed by atoms with van der Waals surface area (Å²) >= 11 is 5.20. The first-order chi connectivity index (χ1) is 11.1. The van der Waals surface area contributed by atoms with Crippen molar-refractivity contribution in [2.45, 2.75) is 6.42 Å².